The quantitative estimate of drug-likeness (QED) is 0.341. The molecule has 0 aliphatic carbocycles. The van der Waals surface area contributed by atoms with Crippen LogP contribution in [0.5, 0.6) is 5.75 Å². The first-order valence-electron chi connectivity index (χ1n) is 10.9. The summed E-state index contributed by atoms with van der Waals surface area (Å²) in [4.78, 5) is 21.4. The molecule has 2 aromatic carbocycles. The fourth-order valence-electron chi connectivity index (χ4n) is 3.36. The number of ether oxygens (including phenoxy) is 1. The van der Waals surface area contributed by atoms with Crippen molar-refractivity contribution in [3.05, 3.63) is 83.0 Å². The summed E-state index contributed by atoms with van der Waals surface area (Å²) in [6, 6.07) is 11.2. The van der Waals surface area contributed by atoms with E-state index in [1.807, 2.05) is 24.7 Å². The van der Waals surface area contributed by atoms with Crippen molar-refractivity contribution < 1.29 is 13.9 Å². The average Bonchev–Trinajstić information content (AvgIpc) is 3.34. The molecule has 0 aliphatic rings. The normalized spacial score (nSPS) is 10.9. The van der Waals surface area contributed by atoms with Crippen LogP contribution in [0.3, 0.4) is 0 Å². The number of nitrogens with zero attached hydrogens (tertiary/aromatic N) is 4. The van der Waals surface area contributed by atoms with Crippen molar-refractivity contribution in [2.45, 2.75) is 26.4 Å². The molecule has 0 spiro atoms. The molecule has 0 bridgehead atoms. The molecule has 0 atom stereocenters. The maximum Gasteiger partial charge on any atom is 0.251 e. The van der Waals surface area contributed by atoms with Gasteiger partial charge in [0, 0.05) is 29.9 Å². The zero-order valence-electron chi connectivity index (χ0n) is 19.4. The van der Waals surface area contributed by atoms with E-state index in [0.717, 1.165) is 5.56 Å². The third-order valence-electron chi connectivity index (χ3n) is 5.20. The third kappa shape index (κ3) is 5.75. The van der Waals surface area contributed by atoms with Gasteiger partial charge >= 0.3 is 0 Å². The van der Waals surface area contributed by atoms with Crippen molar-refractivity contribution in [2.24, 2.45) is 0 Å². The van der Waals surface area contributed by atoms with Crippen molar-refractivity contribution in [2.75, 3.05) is 12.4 Å². The number of benzene rings is 2. The number of nitrogens with one attached hydrogen (secondary N) is 2. The molecule has 0 unspecified atom stereocenters. The predicted octanol–water partition coefficient (Wildman–Crippen LogP) is 5.40. The molecule has 2 N–H and O–H groups in total. The average molecular weight is 495 g/mol. The lowest BCUT2D eigenvalue weighted by molar-refractivity contribution is 0.0950. The third-order valence-corrected chi connectivity index (χ3v) is 5.48. The Morgan fingerprint density at radius 1 is 1.20 bits per heavy atom. The number of aromatic nitrogens is 4. The molecule has 35 heavy (non-hydrogen) atoms. The van der Waals surface area contributed by atoms with E-state index in [4.69, 9.17) is 16.3 Å². The highest BCUT2D eigenvalue weighted by Crippen LogP contribution is 2.30. The summed E-state index contributed by atoms with van der Waals surface area (Å²) in [6.45, 7) is 4.26. The Hall–Kier alpha value is -3.98. The first-order valence-corrected chi connectivity index (χ1v) is 11.3. The number of amides is 1. The summed E-state index contributed by atoms with van der Waals surface area (Å²) < 4.78 is 20.6. The highest BCUT2D eigenvalue weighted by atomic mass is 35.5. The summed E-state index contributed by atoms with van der Waals surface area (Å²) in [5.41, 5.74) is 2.94. The molecule has 1 amide bonds. The van der Waals surface area contributed by atoms with Gasteiger partial charge in [0.05, 0.1) is 35.9 Å². The van der Waals surface area contributed by atoms with Crippen molar-refractivity contribution in [1.82, 2.24) is 25.1 Å². The van der Waals surface area contributed by atoms with Gasteiger partial charge in [0.2, 0.25) is 5.95 Å². The molecule has 0 saturated carbocycles. The number of carbonyl (C=O) groups excluding carboxylic acids is 1. The Morgan fingerprint density at radius 3 is 2.74 bits per heavy atom. The second kappa shape index (κ2) is 10.5. The van der Waals surface area contributed by atoms with Crippen molar-refractivity contribution in [1.29, 1.82) is 0 Å². The number of rotatable bonds is 8. The molecule has 2 heterocycles. The van der Waals surface area contributed by atoms with Crippen LogP contribution in [0.15, 0.2) is 61.1 Å². The molecule has 0 aliphatic heterocycles. The number of hydrogen-bond acceptors (Lipinski definition) is 6. The van der Waals surface area contributed by atoms with Crippen LogP contribution in [0.1, 0.15) is 35.8 Å². The number of carbonyl (C=O) groups is 1. The van der Waals surface area contributed by atoms with E-state index in [1.165, 1.54) is 25.4 Å². The smallest absolute Gasteiger partial charge is 0.251 e. The van der Waals surface area contributed by atoms with Gasteiger partial charge < -0.3 is 15.4 Å². The topological polar surface area (TPSA) is 94.0 Å². The largest absolute Gasteiger partial charge is 0.495 e. The number of hydrogen-bond donors (Lipinski definition) is 2. The van der Waals surface area contributed by atoms with E-state index < -0.39 is 0 Å². The molecular formula is C25H24ClFN6O2. The summed E-state index contributed by atoms with van der Waals surface area (Å²) in [7, 11) is 1.50. The molecule has 2 aromatic heterocycles. The molecule has 0 radical (unpaired) electrons. The molecule has 0 saturated heterocycles. The van der Waals surface area contributed by atoms with Gasteiger partial charge in [-0.2, -0.15) is 5.10 Å². The van der Waals surface area contributed by atoms with Crippen molar-refractivity contribution >= 4 is 29.1 Å². The van der Waals surface area contributed by atoms with E-state index in [0.29, 0.717) is 39.2 Å². The summed E-state index contributed by atoms with van der Waals surface area (Å²) >= 11 is 6.34. The van der Waals surface area contributed by atoms with Crippen LogP contribution in [0.25, 0.3) is 11.3 Å². The summed E-state index contributed by atoms with van der Waals surface area (Å²) in [6.07, 6.45) is 5.09. The van der Waals surface area contributed by atoms with E-state index in [2.05, 4.69) is 25.7 Å². The molecule has 10 heteroatoms. The zero-order chi connectivity index (χ0) is 24.9. The van der Waals surface area contributed by atoms with Crippen LogP contribution in [-0.4, -0.2) is 32.8 Å². The van der Waals surface area contributed by atoms with Crippen LogP contribution in [0, 0.1) is 5.82 Å². The van der Waals surface area contributed by atoms with Crippen LogP contribution in [-0.2, 0) is 6.54 Å². The van der Waals surface area contributed by atoms with Crippen LogP contribution in [0.2, 0.25) is 5.02 Å². The number of anilines is 2. The summed E-state index contributed by atoms with van der Waals surface area (Å²) in [5.74, 6) is 0.0703. The van der Waals surface area contributed by atoms with Gasteiger partial charge in [0.1, 0.15) is 11.6 Å². The maximum absolute atomic E-state index is 13.4. The first kappa shape index (κ1) is 24.2. The highest BCUT2D eigenvalue weighted by molar-refractivity contribution is 6.32. The SMILES string of the molecule is COc1cc(C(=O)NCc2cccc(F)c2)ccc1Nc1ncc(Cl)c(-c2cnn(C(C)C)c2)n1. The van der Waals surface area contributed by atoms with E-state index in [9.17, 15) is 9.18 Å². The van der Waals surface area contributed by atoms with Gasteiger partial charge in [0.25, 0.3) is 5.91 Å². The minimum absolute atomic E-state index is 0.202. The standard InChI is InChI=1S/C25H24ClFN6O2/c1-15(2)33-14-18(12-30-33)23-20(26)13-29-25(32-23)31-21-8-7-17(10-22(21)35-3)24(34)28-11-16-5-4-6-19(27)9-16/h4-10,12-15H,11H2,1-3H3,(H,28,34)(H,29,31,32). The van der Waals surface area contributed by atoms with Gasteiger partial charge in [-0.15, -0.1) is 0 Å². The monoisotopic (exact) mass is 494 g/mol. The Kier molecular flexibility index (Phi) is 7.26. The molecule has 0 fully saturated rings. The molecular weight excluding hydrogens is 471 g/mol. The lowest BCUT2D eigenvalue weighted by atomic mass is 10.1. The van der Waals surface area contributed by atoms with Crippen LogP contribution in [0.4, 0.5) is 16.0 Å². The van der Waals surface area contributed by atoms with E-state index in [-0.39, 0.29) is 24.3 Å². The predicted molar refractivity (Wildman–Crippen MR) is 132 cm³/mol. The Bertz CT molecular complexity index is 1360. The van der Waals surface area contributed by atoms with E-state index >= 15 is 0 Å². The van der Waals surface area contributed by atoms with Gasteiger partial charge in [-0.3, -0.25) is 9.48 Å². The molecule has 8 nitrogen and oxygen atoms in total. The molecule has 180 valence electrons. The molecule has 4 rings (SSSR count). The Labute approximate surface area is 207 Å². The highest BCUT2D eigenvalue weighted by Gasteiger charge is 2.15. The van der Waals surface area contributed by atoms with Gasteiger partial charge in [-0.25, -0.2) is 14.4 Å². The van der Waals surface area contributed by atoms with Gasteiger partial charge in [-0.05, 0) is 49.7 Å². The minimum Gasteiger partial charge on any atom is -0.495 e. The Balaban J connectivity index is 1.51. The second-order valence-corrected chi connectivity index (χ2v) is 8.45. The number of halogens is 2. The van der Waals surface area contributed by atoms with Crippen molar-refractivity contribution in [3.8, 4) is 17.0 Å². The maximum atomic E-state index is 13.4. The number of methoxy groups -OCH3 is 1. The Morgan fingerprint density at radius 2 is 2.03 bits per heavy atom. The van der Waals surface area contributed by atoms with Crippen molar-refractivity contribution in [3.63, 3.8) is 0 Å². The van der Waals surface area contributed by atoms with Crippen LogP contribution < -0.4 is 15.4 Å². The lowest BCUT2D eigenvalue weighted by Gasteiger charge is -2.13. The van der Waals surface area contributed by atoms with E-state index in [1.54, 1.807) is 36.5 Å². The fraction of sp³-hybridized carbons (Fsp3) is 0.200. The second-order valence-electron chi connectivity index (χ2n) is 8.05. The fourth-order valence-corrected chi connectivity index (χ4v) is 3.56. The summed E-state index contributed by atoms with van der Waals surface area (Å²) in [5, 5.41) is 10.6. The lowest BCUT2D eigenvalue weighted by Crippen LogP contribution is -2.22. The van der Waals surface area contributed by atoms with Gasteiger partial charge in [-0.1, -0.05) is 23.7 Å². The molecule has 4 aromatic rings. The van der Waals surface area contributed by atoms with Gasteiger partial charge in [0.15, 0.2) is 0 Å². The first-order chi connectivity index (χ1) is 16.8. The van der Waals surface area contributed by atoms with Crippen LogP contribution >= 0.6 is 11.6 Å². The minimum atomic E-state index is -0.352. The zero-order valence-corrected chi connectivity index (χ0v) is 20.2.